The van der Waals surface area contributed by atoms with Crippen LogP contribution in [-0.2, 0) is 42.9 Å². The standard InChI is InChI=1S/C51H92O12/c1-4-7-10-13-16-19-22-25-28-31-34-37-43(52)59-40-42(61-44(53)38-35-32-29-26-23-20-17-14-11-8-5-2)41-60-51-49(47(56)46(55)48(63-51)50(57)58)62-45(54)39-36-33-30-27-24-21-18-15-12-9-6-3/h13,16,42,46-49,51,55-56H,4-12,14-15,17-41H2,1-3H3,(H,57,58)/b16-13-. The van der Waals surface area contributed by atoms with Crippen LogP contribution in [0.15, 0.2) is 12.2 Å². The van der Waals surface area contributed by atoms with E-state index >= 15 is 0 Å². The van der Waals surface area contributed by atoms with Crippen molar-refractivity contribution in [2.45, 2.75) is 276 Å². The first-order valence-electron chi connectivity index (χ1n) is 25.7. The summed E-state index contributed by atoms with van der Waals surface area (Å²) in [7, 11) is 0. The van der Waals surface area contributed by atoms with Gasteiger partial charge < -0.3 is 39.0 Å². The molecule has 6 unspecified atom stereocenters. The Balaban J connectivity index is 2.74. The quantitative estimate of drug-likeness (QED) is 0.0229. The number of carboxylic acids is 1. The minimum Gasteiger partial charge on any atom is -0.479 e. The number of rotatable bonds is 43. The molecule has 0 spiro atoms. The predicted octanol–water partition coefficient (Wildman–Crippen LogP) is 11.8. The van der Waals surface area contributed by atoms with Crippen LogP contribution in [0, 0.1) is 0 Å². The van der Waals surface area contributed by atoms with Gasteiger partial charge >= 0.3 is 23.9 Å². The highest BCUT2D eigenvalue weighted by Gasteiger charge is 2.50. The number of carbonyl (C=O) groups is 4. The first-order valence-corrected chi connectivity index (χ1v) is 25.7. The molecule has 0 aliphatic carbocycles. The van der Waals surface area contributed by atoms with E-state index in [0.29, 0.717) is 19.3 Å². The Morgan fingerprint density at radius 1 is 0.508 bits per heavy atom. The fraction of sp³-hybridized carbons (Fsp3) is 0.882. The second kappa shape index (κ2) is 40.9. The molecule has 1 aliphatic rings. The fourth-order valence-corrected chi connectivity index (χ4v) is 7.82. The lowest BCUT2D eigenvalue weighted by molar-refractivity contribution is -0.301. The number of carbonyl (C=O) groups excluding carboxylic acids is 3. The minimum atomic E-state index is -1.89. The highest BCUT2D eigenvalue weighted by molar-refractivity contribution is 5.74. The van der Waals surface area contributed by atoms with Crippen LogP contribution >= 0.6 is 0 Å². The van der Waals surface area contributed by atoms with E-state index in [9.17, 15) is 34.5 Å². The summed E-state index contributed by atoms with van der Waals surface area (Å²) in [5, 5.41) is 31.2. The Morgan fingerprint density at radius 2 is 0.921 bits per heavy atom. The highest BCUT2D eigenvalue weighted by atomic mass is 16.7. The number of aliphatic carboxylic acids is 1. The van der Waals surface area contributed by atoms with Gasteiger partial charge in [-0.1, -0.05) is 193 Å². The molecule has 0 saturated carbocycles. The molecule has 6 atom stereocenters. The second-order valence-corrected chi connectivity index (χ2v) is 17.8. The molecule has 1 fully saturated rings. The van der Waals surface area contributed by atoms with Crippen LogP contribution in [0.2, 0.25) is 0 Å². The van der Waals surface area contributed by atoms with Gasteiger partial charge in [0.15, 0.2) is 24.6 Å². The van der Waals surface area contributed by atoms with Gasteiger partial charge in [0, 0.05) is 19.3 Å². The van der Waals surface area contributed by atoms with Crippen molar-refractivity contribution in [1.82, 2.24) is 0 Å². The molecular weight excluding hydrogens is 805 g/mol. The van der Waals surface area contributed by atoms with Gasteiger partial charge in [-0.15, -0.1) is 0 Å². The Kier molecular flexibility index (Phi) is 38.0. The number of ether oxygens (including phenoxy) is 5. The summed E-state index contributed by atoms with van der Waals surface area (Å²) in [6.07, 6.45) is 29.2. The topological polar surface area (TPSA) is 175 Å². The molecule has 0 aromatic carbocycles. The number of hydrogen-bond donors (Lipinski definition) is 3. The normalized spacial score (nSPS) is 19.3. The van der Waals surface area contributed by atoms with Crippen molar-refractivity contribution in [1.29, 1.82) is 0 Å². The van der Waals surface area contributed by atoms with Crippen molar-refractivity contribution in [2.24, 2.45) is 0 Å². The summed E-state index contributed by atoms with van der Waals surface area (Å²) < 4.78 is 28.2. The Morgan fingerprint density at radius 3 is 1.40 bits per heavy atom. The van der Waals surface area contributed by atoms with Gasteiger partial charge in [-0.05, 0) is 38.5 Å². The molecule has 368 valence electrons. The first kappa shape index (κ1) is 58.5. The molecule has 0 aromatic rings. The SMILES string of the molecule is CCCC/C=C\CCCCCCCC(=O)OCC(COC1OC(C(=O)O)C(O)C(O)C1OC(=O)CCCCCCCCCCCCC)OC(=O)CCCCCCCCCCCCC. The Labute approximate surface area is 382 Å². The molecule has 63 heavy (non-hydrogen) atoms. The number of aliphatic hydroxyl groups is 2. The summed E-state index contributed by atoms with van der Waals surface area (Å²) in [6, 6.07) is 0. The molecule has 0 bridgehead atoms. The van der Waals surface area contributed by atoms with Gasteiger partial charge in [-0.25, -0.2) is 4.79 Å². The molecule has 0 amide bonds. The van der Waals surface area contributed by atoms with Crippen LogP contribution in [0.3, 0.4) is 0 Å². The van der Waals surface area contributed by atoms with Gasteiger partial charge in [0.2, 0.25) is 0 Å². The van der Waals surface area contributed by atoms with Crippen LogP contribution in [0.25, 0.3) is 0 Å². The number of carboxylic acid groups (broad SMARTS) is 1. The molecule has 1 heterocycles. The van der Waals surface area contributed by atoms with Crippen molar-refractivity contribution in [3.63, 3.8) is 0 Å². The largest absolute Gasteiger partial charge is 0.479 e. The maximum atomic E-state index is 13.0. The third kappa shape index (κ3) is 31.9. The van der Waals surface area contributed by atoms with Gasteiger partial charge in [0.25, 0.3) is 0 Å². The maximum Gasteiger partial charge on any atom is 0.335 e. The lowest BCUT2D eigenvalue weighted by Crippen LogP contribution is -2.61. The number of allylic oxidation sites excluding steroid dienone is 2. The smallest absolute Gasteiger partial charge is 0.335 e. The van der Waals surface area contributed by atoms with E-state index in [2.05, 4.69) is 32.9 Å². The molecule has 12 nitrogen and oxygen atoms in total. The molecule has 1 saturated heterocycles. The van der Waals surface area contributed by atoms with Gasteiger partial charge in [-0.2, -0.15) is 0 Å². The molecule has 1 aliphatic heterocycles. The van der Waals surface area contributed by atoms with Crippen LogP contribution < -0.4 is 0 Å². The zero-order valence-electron chi connectivity index (χ0n) is 40.1. The number of hydrogen-bond acceptors (Lipinski definition) is 11. The van der Waals surface area contributed by atoms with Crippen molar-refractivity contribution in [3.05, 3.63) is 12.2 Å². The van der Waals surface area contributed by atoms with E-state index < -0.39 is 67.3 Å². The van der Waals surface area contributed by atoms with Crippen LogP contribution in [0.5, 0.6) is 0 Å². The lowest BCUT2D eigenvalue weighted by atomic mass is 9.98. The van der Waals surface area contributed by atoms with E-state index in [4.69, 9.17) is 23.7 Å². The third-order valence-electron chi connectivity index (χ3n) is 11.8. The molecule has 3 N–H and O–H groups in total. The summed E-state index contributed by atoms with van der Waals surface area (Å²) in [5.74, 6) is -3.11. The molecule has 1 rings (SSSR count). The van der Waals surface area contributed by atoms with Crippen LogP contribution in [0.1, 0.15) is 239 Å². The number of esters is 3. The van der Waals surface area contributed by atoms with Crippen LogP contribution in [0.4, 0.5) is 0 Å². The first-order chi connectivity index (χ1) is 30.6. The third-order valence-corrected chi connectivity index (χ3v) is 11.8. The molecule has 12 heteroatoms. The summed E-state index contributed by atoms with van der Waals surface area (Å²) >= 11 is 0. The van der Waals surface area contributed by atoms with Crippen molar-refractivity contribution < 1.29 is 58.2 Å². The van der Waals surface area contributed by atoms with Gasteiger partial charge in [0.1, 0.15) is 18.8 Å². The lowest BCUT2D eigenvalue weighted by Gasteiger charge is -2.40. The fourth-order valence-electron chi connectivity index (χ4n) is 7.82. The summed E-state index contributed by atoms with van der Waals surface area (Å²) in [4.78, 5) is 50.7. The average molecular weight is 897 g/mol. The predicted molar refractivity (Wildman–Crippen MR) is 248 cm³/mol. The second-order valence-electron chi connectivity index (χ2n) is 17.8. The maximum absolute atomic E-state index is 13.0. The molecular formula is C51H92O12. The zero-order valence-corrected chi connectivity index (χ0v) is 40.1. The van der Waals surface area contributed by atoms with E-state index in [0.717, 1.165) is 83.5 Å². The summed E-state index contributed by atoms with van der Waals surface area (Å²) in [5.41, 5.74) is 0. The van der Waals surface area contributed by atoms with E-state index in [1.807, 2.05) is 0 Å². The van der Waals surface area contributed by atoms with Crippen LogP contribution in [-0.4, -0.2) is 89.2 Å². The van der Waals surface area contributed by atoms with Crippen molar-refractivity contribution in [3.8, 4) is 0 Å². The van der Waals surface area contributed by atoms with Crippen molar-refractivity contribution in [2.75, 3.05) is 13.2 Å². The molecule has 0 aromatic heterocycles. The molecule has 0 radical (unpaired) electrons. The van der Waals surface area contributed by atoms with E-state index in [1.165, 1.54) is 96.3 Å². The van der Waals surface area contributed by atoms with Gasteiger partial charge in [0.05, 0.1) is 6.61 Å². The van der Waals surface area contributed by atoms with Crippen molar-refractivity contribution >= 4 is 23.9 Å². The Bertz CT molecular complexity index is 1160. The monoisotopic (exact) mass is 897 g/mol. The van der Waals surface area contributed by atoms with Gasteiger partial charge in [-0.3, -0.25) is 14.4 Å². The van der Waals surface area contributed by atoms with E-state index in [-0.39, 0.29) is 25.9 Å². The number of aliphatic hydroxyl groups excluding tert-OH is 2. The Hall–Kier alpha value is -2.54. The minimum absolute atomic E-state index is 0.0666. The number of unbranched alkanes of at least 4 members (excludes halogenated alkanes) is 27. The summed E-state index contributed by atoms with van der Waals surface area (Å²) in [6.45, 7) is 5.91. The zero-order chi connectivity index (χ0) is 46.2. The highest BCUT2D eigenvalue weighted by Crippen LogP contribution is 2.26. The van der Waals surface area contributed by atoms with E-state index in [1.54, 1.807) is 0 Å². The average Bonchev–Trinajstić information content (AvgIpc) is 3.26.